The zero-order chi connectivity index (χ0) is 19.7. The molecule has 0 N–H and O–H groups in total. The van der Waals surface area contributed by atoms with Gasteiger partial charge >= 0.3 is 0 Å². The molecule has 0 aromatic heterocycles. The second kappa shape index (κ2) is 8.38. The number of rotatable bonds is 3. The molecule has 0 bridgehead atoms. The van der Waals surface area contributed by atoms with Gasteiger partial charge in [0.05, 0.1) is 13.2 Å². The van der Waals surface area contributed by atoms with Crippen molar-refractivity contribution in [3.8, 4) is 0 Å². The first kappa shape index (κ1) is 20.3. The highest BCUT2D eigenvalue weighted by Gasteiger charge is 2.38. The van der Waals surface area contributed by atoms with Crippen LogP contribution in [0.5, 0.6) is 0 Å². The molecule has 1 unspecified atom stereocenters. The zero-order valence-electron chi connectivity index (χ0n) is 17.0. The van der Waals surface area contributed by atoms with Gasteiger partial charge in [0.15, 0.2) is 0 Å². The zero-order valence-corrected chi connectivity index (χ0v) is 17.8. The van der Waals surface area contributed by atoms with Crippen molar-refractivity contribution in [3.05, 3.63) is 35.4 Å². The van der Waals surface area contributed by atoms with Crippen LogP contribution in [0.4, 0.5) is 0 Å². The van der Waals surface area contributed by atoms with E-state index < -0.39 is 10.2 Å². The van der Waals surface area contributed by atoms with E-state index in [1.807, 2.05) is 0 Å². The van der Waals surface area contributed by atoms with Crippen molar-refractivity contribution in [2.45, 2.75) is 39.0 Å². The molecule has 0 amide bonds. The van der Waals surface area contributed by atoms with Crippen LogP contribution in [0.3, 0.4) is 0 Å². The van der Waals surface area contributed by atoms with Crippen molar-refractivity contribution < 1.29 is 13.2 Å². The largest absolute Gasteiger partial charge is 0.379 e. The molecule has 2 fully saturated rings. The van der Waals surface area contributed by atoms with Crippen LogP contribution in [0.25, 0.3) is 0 Å². The van der Waals surface area contributed by atoms with Gasteiger partial charge in [0, 0.05) is 64.4 Å². The van der Waals surface area contributed by atoms with Crippen molar-refractivity contribution in [3.63, 3.8) is 0 Å². The molecule has 3 aliphatic heterocycles. The normalized spacial score (nSPS) is 26.5. The number of piperazine rings is 1. The molecule has 2 saturated heterocycles. The summed E-state index contributed by atoms with van der Waals surface area (Å²) in [6, 6.07) is 9.29. The number of benzene rings is 1. The second-order valence-corrected chi connectivity index (χ2v) is 10.2. The number of morpholine rings is 1. The third-order valence-electron chi connectivity index (χ3n) is 6.23. The third kappa shape index (κ3) is 4.13. The lowest BCUT2D eigenvalue weighted by molar-refractivity contribution is 0.0480. The van der Waals surface area contributed by atoms with Gasteiger partial charge < -0.3 is 4.74 Å². The van der Waals surface area contributed by atoms with Crippen LogP contribution in [0.2, 0.25) is 0 Å². The number of nitrogens with zero attached hydrogens (tertiary/aromatic N) is 4. The smallest absolute Gasteiger partial charge is 0.282 e. The van der Waals surface area contributed by atoms with Gasteiger partial charge in [-0.05, 0) is 25.0 Å². The number of fused-ring (bicyclic) bond motifs is 2. The minimum Gasteiger partial charge on any atom is -0.379 e. The Morgan fingerprint density at radius 2 is 1.61 bits per heavy atom. The minimum atomic E-state index is -3.41. The van der Waals surface area contributed by atoms with Gasteiger partial charge in [-0.1, -0.05) is 24.3 Å². The highest BCUT2D eigenvalue weighted by Crippen LogP contribution is 2.25. The maximum absolute atomic E-state index is 13.1. The molecule has 7 nitrogen and oxygen atoms in total. The number of ether oxygens (including phenoxy) is 1. The van der Waals surface area contributed by atoms with E-state index in [2.05, 4.69) is 47.9 Å². The summed E-state index contributed by atoms with van der Waals surface area (Å²) in [5.41, 5.74) is 2.75. The number of hydrogen-bond donors (Lipinski definition) is 0. The topological polar surface area (TPSA) is 56.3 Å². The fourth-order valence-electron chi connectivity index (χ4n) is 4.43. The molecule has 0 aliphatic carbocycles. The van der Waals surface area contributed by atoms with Crippen LogP contribution in [0, 0.1) is 0 Å². The molecule has 8 heteroatoms. The molecule has 1 aromatic carbocycles. The Labute approximate surface area is 169 Å². The summed E-state index contributed by atoms with van der Waals surface area (Å²) in [6.45, 7) is 10.9. The summed E-state index contributed by atoms with van der Waals surface area (Å²) in [4.78, 5) is 4.94. The van der Waals surface area contributed by atoms with Crippen LogP contribution in [0.1, 0.15) is 25.0 Å². The Morgan fingerprint density at radius 3 is 2.29 bits per heavy atom. The van der Waals surface area contributed by atoms with Crippen molar-refractivity contribution in [2.75, 3.05) is 52.5 Å². The highest BCUT2D eigenvalue weighted by molar-refractivity contribution is 7.86. The second-order valence-electron chi connectivity index (χ2n) is 8.29. The summed E-state index contributed by atoms with van der Waals surface area (Å²) in [6.07, 6.45) is 0. The first-order chi connectivity index (χ1) is 13.4. The Morgan fingerprint density at radius 1 is 0.929 bits per heavy atom. The van der Waals surface area contributed by atoms with E-state index >= 15 is 0 Å². The average Bonchev–Trinajstić information content (AvgIpc) is 2.68. The van der Waals surface area contributed by atoms with E-state index in [1.165, 1.54) is 11.1 Å². The summed E-state index contributed by atoms with van der Waals surface area (Å²) < 4.78 is 34.9. The summed E-state index contributed by atoms with van der Waals surface area (Å²) >= 11 is 0. The van der Waals surface area contributed by atoms with Crippen LogP contribution in [-0.2, 0) is 28.0 Å². The summed E-state index contributed by atoms with van der Waals surface area (Å²) in [7, 11) is -3.41. The van der Waals surface area contributed by atoms with Gasteiger partial charge in [-0.2, -0.15) is 17.0 Å². The summed E-state index contributed by atoms with van der Waals surface area (Å²) in [5.74, 6) is 0. The van der Waals surface area contributed by atoms with Crippen molar-refractivity contribution in [1.29, 1.82) is 0 Å². The Balaban J connectivity index is 1.55. The first-order valence-electron chi connectivity index (χ1n) is 10.3. The lowest BCUT2D eigenvalue weighted by atomic mass is 10.0. The van der Waals surface area contributed by atoms with E-state index in [9.17, 15) is 8.42 Å². The molecule has 4 rings (SSSR count). The molecule has 156 valence electrons. The van der Waals surface area contributed by atoms with E-state index in [1.54, 1.807) is 8.61 Å². The summed E-state index contributed by atoms with van der Waals surface area (Å²) in [5, 5.41) is 0. The van der Waals surface area contributed by atoms with E-state index in [-0.39, 0.29) is 6.04 Å². The average molecular weight is 409 g/mol. The van der Waals surface area contributed by atoms with Crippen LogP contribution in [-0.4, -0.2) is 91.4 Å². The maximum Gasteiger partial charge on any atom is 0.282 e. The van der Waals surface area contributed by atoms with Crippen LogP contribution < -0.4 is 0 Å². The van der Waals surface area contributed by atoms with Gasteiger partial charge in [0.25, 0.3) is 10.2 Å². The van der Waals surface area contributed by atoms with Crippen molar-refractivity contribution in [2.24, 2.45) is 0 Å². The van der Waals surface area contributed by atoms with Gasteiger partial charge in [-0.15, -0.1) is 0 Å². The standard InChI is InChI=1S/C20H32N4O3S/c1-17(2)22-14-19-6-4-3-5-18(19)13-21-7-8-24(16-20(21)15-22)28(25,26)23-9-11-27-12-10-23/h3-6,17,20H,7-16H2,1-2H3. The predicted octanol–water partition coefficient (Wildman–Crippen LogP) is 0.974. The molecule has 1 atom stereocenters. The van der Waals surface area contributed by atoms with Crippen LogP contribution >= 0.6 is 0 Å². The molecule has 0 saturated carbocycles. The van der Waals surface area contributed by atoms with E-state index in [0.717, 1.165) is 26.2 Å². The lowest BCUT2D eigenvalue weighted by Gasteiger charge is -2.46. The van der Waals surface area contributed by atoms with Gasteiger partial charge in [-0.3, -0.25) is 9.80 Å². The molecule has 28 heavy (non-hydrogen) atoms. The quantitative estimate of drug-likeness (QED) is 0.746. The lowest BCUT2D eigenvalue weighted by Crippen LogP contribution is -2.61. The monoisotopic (exact) mass is 408 g/mol. The van der Waals surface area contributed by atoms with E-state index in [0.29, 0.717) is 45.4 Å². The Kier molecular flexibility index (Phi) is 6.06. The van der Waals surface area contributed by atoms with Crippen LogP contribution in [0.15, 0.2) is 24.3 Å². The molecular formula is C20H32N4O3S. The maximum atomic E-state index is 13.1. The Bertz CT molecular complexity index is 779. The third-order valence-corrected chi connectivity index (χ3v) is 8.23. The first-order valence-corrected chi connectivity index (χ1v) is 11.7. The molecule has 0 spiro atoms. The minimum absolute atomic E-state index is 0.209. The van der Waals surface area contributed by atoms with E-state index in [4.69, 9.17) is 4.74 Å². The predicted molar refractivity (Wildman–Crippen MR) is 109 cm³/mol. The molecule has 3 heterocycles. The van der Waals surface area contributed by atoms with Crippen molar-refractivity contribution >= 4 is 10.2 Å². The molecular weight excluding hydrogens is 376 g/mol. The van der Waals surface area contributed by atoms with Crippen molar-refractivity contribution in [1.82, 2.24) is 18.4 Å². The molecule has 0 radical (unpaired) electrons. The Hall–Kier alpha value is -1.03. The number of hydrogen-bond acceptors (Lipinski definition) is 5. The molecule has 1 aromatic rings. The highest BCUT2D eigenvalue weighted by atomic mass is 32.2. The SMILES string of the molecule is CC(C)N1Cc2ccccc2CN2CCN(S(=O)(=O)N3CCOCC3)CC2C1. The van der Waals surface area contributed by atoms with Gasteiger partial charge in [-0.25, -0.2) is 0 Å². The fraction of sp³-hybridized carbons (Fsp3) is 0.700. The fourth-order valence-corrected chi connectivity index (χ4v) is 6.04. The van der Waals surface area contributed by atoms with Gasteiger partial charge in [0.2, 0.25) is 0 Å². The van der Waals surface area contributed by atoms with Gasteiger partial charge in [0.1, 0.15) is 0 Å². The molecule has 3 aliphatic rings.